The number of imidazole rings is 1. The average Bonchev–Trinajstić information content (AvgIpc) is 3.31. The number of esters is 1. The lowest BCUT2D eigenvalue weighted by atomic mass is 9.84. The van der Waals surface area contributed by atoms with E-state index in [9.17, 15) is 18.3 Å². The van der Waals surface area contributed by atoms with Crippen molar-refractivity contribution in [2.45, 2.75) is 63.0 Å². The minimum Gasteiger partial charge on any atom is -0.495 e. The molecule has 0 bridgehead atoms. The van der Waals surface area contributed by atoms with Gasteiger partial charge in [0, 0.05) is 11.6 Å². The third-order valence-electron chi connectivity index (χ3n) is 5.94. The van der Waals surface area contributed by atoms with Gasteiger partial charge in [-0.05, 0) is 64.7 Å². The number of sulfonamides is 1. The smallest absolute Gasteiger partial charge is 0.369 e. The summed E-state index contributed by atoms with van der Waals surface area (Å²) in [5.74, 6) is -0.321. The molecule has 0 spiro atoms. The van der Waals surface area contributed by atoms with Crippen molar-refractivity contribution in [1.29, 1.82) is 0 Å². The number of carbonyl (C=O) groups is 1. The maximum atomic E-state index is 13.3. The molecule has 1 fully saturated rings. The molecular formula is C22H28N4O6S2. The Balaban J connectivity index is 1.71. The normalized spacial score (nSPS) is 21.0. The van der Waals surface area contributed by atoms with Crippen molar-refractivity contribution in [3.63, 3.8) is 0 Å². The summed E-state index contributed by atoms with van der Waals surface area (Å²) in [6.07, 6.45) is 2.14. The summed E-state index contributed by atoms with van der Waals surface area (Å²) >= 11 is 1.11. The number of aliphatic hydroxyl groups is 1. The van der Waals surface area contributed by atoms with Crippen LogP contribution in [0.5, 0.6) is 5.75 Å². The van der Waals surface area contributed by atoms with Gasteiger partial charge in [0.2, 0.25) is 20.0 Å². The lowest BCUT2D eigenvalue weighted by Gasteiger charge is -2.33. The van der Waals surface area contributed by atoms with Crippen LogP contribution in [0.25, 0.3) is 16.2 Å². The third kappa shape index (κ3) is 4.81. The topological polar surface area (TPSA) is 132 Å². The number of aryl methyl sites for hydroxylation is 1. The quantitative estimate of drug-likeness (QED) is 0.466. The Morgan fingerprint density at radius 1 is 1.35 bits per heavy atom. The fraction of sp³-hybridized carbons (Fsp3) is 0.500. The second kappa shape index (κ2) is 9.25. The first kappa shape index (κ1) is 24.6. The molecule has 0 aliphatic heterocycles. The highest BCUT2D eigenvalue weighted by atomic mass is 32.2. The van der Waals surface area contributed by atoms with E-state index in [1.165, 1.54) is 17.7 Å². The van der Waals surface area contributed by atoms with Gasteiger partial charge in [-0.3, -0.25) is 0 Å². The molecule has 12 heteroatoms. The fourth-order valence-corrected chi connectivity index (χ4v) is 6.47. The fourth-order valence-electron chi connectivity index (χ4n) is 4.13. The number of hydrogen-bond donors (Lipinski definition) is 2. The number of fused-ring (bicyclic) bond motifs is 1. The molecule has 2 heterocycles. The number of benzene rings is 1. The van der Waals surface area contributed by atoms with Crippen LogP contribution in [-0.4, -0.2) is 59.5 Å². The van der Waals surface area contributed by atoms with Crippen LogP contribution >= 0.6 is 11.3 Å². The third-order valence-corrected chi connectivity index (χ3v) is 8.37. The predicted molar refractivity (Wildman–Crippen MR) is 127 cm³/mol. The second-order valence-corrected chi connectivity index (χ2v) is 11.3. The zero-order chi connectivity index (χ0) is 24.7. The number of nitrogens with zero attached hydrogens (tertiary/aromatic N) is 3. The van der Waals surface area contributed by atoms with Gasteiger partial charge in [0.25, 0.3) is 0 Å². The van der Waals surface area contributed by atoms with Crippen LogP contribution in [0.1, 0.15) is 55.0 Å². The zero-order valence-electron chi connectivity index (χ0n) is 19.5. The average molecular weight is 509 g/mol. The molecule has 10 nitrogen and oxygen atoms in total. The van der Waals surface area contributed by atoms with Crippen molar-refractivity contribution >= 4 is 32.3 Å². The molecule has 0 amide bonds. The number of carbonyl (C=O) groups excluding carboxylic acids is 1. The molecule has 2 aromatic heterocycles. The first-order valence-electron chi connectivity index (χ1n) is 11.0. The molecule has 1 saturated carbocycles. The molecular weight excluding hydrogens is 480 g/mol. The predicted octanol–water partition coefficient (Wildman–Crippen LogP) is 2.92. The molecule has 0 unspecified atom stereocenters. The van der Waals surface area contributed by atoms with E-state index >= 15 is 0 Å². The summed E-state index contributed by atoms with van der Waals surface area (Å²) in [7, 11) is -2.50. The van der Waals surface area contributed by atoms with E-state index < -0.39 is 21.6 Å². The zero-order valence-corrected chi connectivity index (χ0v) is 21.1. The minimum absolute atomic E-state index is 0.0000273. The Morgan fingerprint density at radius 2 is 2.06 bits per heavy atom. The number of ether oxygens (including phenoxy) is 2. The van der Waals surface area contributed by atoms with Gasteiger partial charge in [0.05, 0.1) is 30.7 Å². The van der Waals surface area contributed by atoms with Gasteiger partial charge in [-0.25, -0.2) is 27.4 Å². The summed E-state index contributed by atoms with van der Waals surface area (Å²) in [5.41, 5.74) is 1.03. The van der Waals surface area contributed by atoms with Crippen LogP contribution < -0.4 is 9.46 Å². The molecule has 34 heavy (non-hydrogen) atoms. The monoisotopic (exact) mass is 508 g/mol. The van der Waals surface area contributed by atoms with Gasteiger partial charge in [-0.15, -0.1) is 5.10 Å². The minimum atomic E-state index is -3.91. The highest BCUT2D eigenvalue weighted by Gasteiger charge is 2.32. The molecule has 184 valence electrons. The largest absolute Gasteiger partial charge is 0.495 e. The SMILES string of the molecule is CCOC(=O)c1nn2c(-c3ccc(OC)c(S(=O)(=O)N[C@H]4CC[C@](C)(O)CC4)c3)c(C)nc2s1. The van der Waals surface area contributed by atoms with Crippen molar-refractivity contribution in [2.75, 3.05) is 13.7 Å². The number of aromatic nitrogens is 3. The highest BCUT2D eigenvalue weighted by Crippen LogP contribution is 2.34. The molecule has 1 aromatic carbocycles. The van der Waals surface area contributed by atoms with Crippen molar-refractivity contribution in [3.05, 3.63) is 28.9 Å². The van der Waals surface area contributed by atoms with Crippen molar-refractivity contribution in [2.24, 2.45) is 0 Å². The van der Waals surface area contributed by atoms with Crippen molar-refractivity contribution in [1.82, 2.24) is 19.3 Å². The van der Waals surface area contributed by atoms with Gasteiger partial charge >= 0.3 is 5.97 Å². The van der Waals surface area contributed by atoms with Gasteiger partial charge in [-0.2, -0.15) is 0 Å². The number of nitrogens with one attached hydrogen (secondary N) is 1. The summed E-state index contributed by atoms with van der Waals surface area (Å²) in [6, 6.07) is 4.58. The summed E-state index contributed by atoms with van der Waals surface area (Å²) in [6.45, 7) is 5.52. The van der Waals surface area contributed by atoms with Crippen LogP contribution in [0.15, 0.2) is 23.1 Å². The maximum absolute atomic E-state index is 13.3. The second-order valence-electron chi connectivity index (χ2n) is 8.63. The molecule has 3 aromatic rings. The van der Waals surface area contributed by atoms with E-state index in [0.29, 0.717) is 47.6 Å². The van der Waals surface area contributed by atoms with Crippen LogP contribution in [0.4, 0.5) is 0 Å². The Morgan fingerprint density at radius 3 is 2.71 bits per heavy atom. The summed E-state index contributed by atoms with van der Waals surface area (Å²) < 4.78 is 41.3. The van der Waals surface area contributed by atoms with Gasteiger partial charge in [-0.1, -0.05) is 11.3 Å². The standard InChI is InChI=1S/C22H28N4O6S2/c1-5-32-20(27)19-24-26-18(13(2)23-21(26)33-19)14-6-7-16(31-4)17(12-14)34(29,30)25-15-8-10-22(3,28)11-9-15/h6-7,12,15,25,28H,5,8-11H2,1-4H3/t15-,22-. The van der Waals surface area contributed by atoms with Gasteiger partial charge in [0.15, 0.2) is 0 Å². The molecule has 2 N–H and O–H groups in total. The molecule has 1 aliphatic carbocycles. The van der Waals surface area contributed by atoms with E-state index in [1.807, 2.05) is 0 Å². The van der Waals surface area contributed by atoms with Crippen molar-refractivity contribution < 1.29 is 27.8 Å². The molecule has 0 radical (unpaired) electrons. The van der Waals surface area contributed by atoms with E-state index in [2.05, 4.69) is 14.8 Å². The van der Waals surface area contributed by atoms with E-state index in [4.69, 9.17) is 9.47 Å². The Hall–Kier alpha value is -2.54. The Labute approximate surface area is 202 Å². The lowest BCUT2D eigenvalue weighted by Crippen LogP contribution is -2.42. The number of rotatable bonds is 7. The first-order valence-corrected chi connectivity index (χ1v) is 13.3. The highest BCUT2D eigenvalue weighted by molar-refractivity contribution is 7.89. The molecule has 0 atom stereocenters. The summed E-state index contributed by atoms with van der Waals surface area (Å²) in [5, 5.41) is 14.7. The maximum Gasteiger partial charge on any atom is 0.369 e. The van der Waals surface area contributed by atoms with E-state index in [0.717, 1.165) is 11.3 Å². The molecule has 1 aliphatic rings. The Bertz CT molecular complexity index is 1320. The van der Waals surface area contributed by atoms with Crippen LogP contribution in [0.3, 0.4) is 0 Å². The lowest BCUT2D eigenvalue weighted by molar-refractivity contribution is 0.0163. The number of methoxy groups -OCH3 is 1. The summed E-state index contributed by atoms with van der Waals surface area (Å²) in [4.78, 5) is 17.1. The van der Waals surface area contributed by atoms with Crippen LogP contribution in [-0.2, 0) is 14.8 Å². The molecule has 0 saturated heterocycles. The van der Waals surface area contributed by atoms with E-state index in [-0.39, 0.29) is 28.3 Å². The van der Waals surface area contributed by atoms with Gasteiger partial charge < -0.3 is 14.6 Å². The van der Waals surface area contributed by atoms with E-state index in [1.54, 1.807) is 32.9 Å². The van der Waals surface area contributed by atoms with Gasteiger partial charge in [0.1, 0.15) is 10.6 Å². The van der Waals surface area contributed by atoms with Crippen LogP contribution in [0.2, 0.25) is 0 Å². The molecule has 4 rings (SSSR count). The van der Waals surface area contributed by atoms with Crippen LogP contribution in [0, 0.1) is 6.92 Å². The number of hydrogen-bond acceptors (Lipinski definition) is 9. The van der Waals surface area contributed by atoms with Crippen molar-refractivity contribution in [3.8, 4) is 17.0 Å². The Kier molecular flexibility index (Phi) is 6.69. The first-order chi connectivity index (χ1) is 16.0.